The predicted molar refractivity (Wildman–Crippen MR) is 95.4 cm³/mol. The van der Waals surface area contributed by atoms with Gasteiger partial charge in [0.2, 0.25) is 0 Å². The first-order chi connectivity index (χ1) is 11.1. The third-order valence-corrected chi connectivity index (χ3v) is 4.90. The number of aryl methyl sites for hydroxylation is 1. The van der Waals surface area contributed by atoms with Crippen molar-refractivity contribution >= 4 is 26.9 Å². The summed E-state index contributed by atoms with van der Waals surface area (Å²) < 4.78 is 9.16. The number of hydrogen-bond acceptors (Lipinski definition) is 3. The van der Waals surface area contributed by atoms with Gasteiger partial charge in [0.25, 0.3) is 0 Å². The smallest absolute Gasteiger partial charge is 0.142 e. The molecule has 23 heavy (non-hydrogen) atoms. The second-order valence-corrected chi connectivity index (χ2v) is 6.40. The van der Waals surface area contributed by atoms with Crippen LogP contribution in [0.4, 0.5) is 0 Å². The number of halogens is 1. The second-order valence-electron chi connectivity index (χ2n) is 5.54. The summed E-state index contributed by atoms with van der Waals surface area (Å²) in [4.78, 5) is 4.39. The molecule has 1 aromatic carbocycles. The van der Waals surface area contributed by atoms with Gasteiger partial charge in [-0.1, -0.05) is 28.1 Å². The van der Waals surface area contributed by atoms with Crippen molar-refractivity contribution in [2.75, 3.05) is 13.7 Å². The van der Waals surface area contributed by atoms with Crippen LogP contribution in [-0.4, -0.2) is 23.3 Å². The van der Waals surface area contributed by atoms with Gasteiger partial charge in [-0.25, -0.2) is 0 Å². The van der Waals surface area contributed by atoms with Crippen LogP contribution in [0, 0.1) is 13.8 Å². The first-order valence-electron chi connectivity index (χ1n) is 7.49. The highest BCUT2D eigenvalue weighted by Gasteiger charge is 2.14. The van der Waals surface area contributed by atoms with Crippen LogP contribution in [-0.2, 0) is 6.54 Å². The first-order valence-corrected chi connectivity index (χ1v) is 8.29. The minimum Gasteiger partial charge on any atom is -0.456 e. The fraction of sp³-hybridized carbons (Fsp3) is 0.278. The summed E-state index contributed by atoms with van der Waals surface area (Å²) in [6, 6.07) is 8.11. The van der Waals surface area contributed by atoms with Gasteiger partial charge in [-0.3, -0.25) is 4.99 Å². The number of fused-ring (bicyclic) bond motifs is 1. The molecular formula is C18H19BrN2O2. The Kier molecular flexibility index (Phi) is 4.41. The van der Waals surface area contributed by atoms with Crippen molar-refractivity contribution in [3.8, 4) is 11.3 Å². The third kappa shape index (κ3) is 2.75. The monoisotopic (exact) mass is 374 g/mol. The maximum Gasteiger partial charge on any atom is 0.142 e. The zero-order valence-electron chi connectivity index (χ0n) is 13.4. The maximum absolute atomic E-state index is 9.26. The highest BCUT2D eigenvalue weighted by atomic mass is 79.9. The molecule has 3 aromatic rings. The molecule has 0 fully saturated rings. The highest BCUT2D eigenvalue weighted by Crippen LogP contribution is 2.32. The van der Waals surface area contributed by atoms with Crippen molar-refractivity contribution in [3.63, 3.8) is 0 Å². The van der Waals surface area contributed by atoms with E-state index in [1.165, 1.54) is 0 Å². The number of furan rings is 1. The van der Waals surface area contributed by atoms with Gasteiger partial charge in [-0.2, -0.15) is 0 Å². The molecule has 0 spiro atoms. The fourth-order valence-electron chi connectivity index (χ4n) is 2.89. The van der Waals surface area contributed by atoms with Gasteiger partial charge in [0.1, 0.15) is 16.8 Å². The lowest BCUT2D eigenvalue weighted by atomic mass is 10.1. The van der Waals surface area contributed by atoms with Crippen LogP contribution in [0.1, 0.15) is 11.1 Å². The van der Waals surface area contributed by atoms with Crippen molar-refractivity contribution in [1.82, 2.24) is 4.57 Å². The lowest BCUT2D eigenvalue weighted by Crippen LogP contribution is -2.22. The van der Waals surface area contributed by atoms with Crippen LogP contribution in [0.5, 0.6) is 0 Å². The molecule has 0 amide bonds. The summed E-state index contributed by atoms with van der Waals surface area (Å²) in [7, 11) is 1.76. The molecule has 5 heteroatoms. The summed E-state index contributed by atoms with van der Waals surface area (Å²) in [6.07, 6.45) is 1.97. The van der Waals surface area contributed by atoms with E-state index in [1.54, 1.807) is 7.05 Å². The normalized spacial score (nSPS) is 12.3. The Labute approximate surface area is 143 Å². The van der Waals surface area contributed by atoms with E-state index in [9.17, 15) is 5.11 Å². The standard InChI is InChI=1S/C18H19BrN2O2/c1-11-10-21(7-8-22)18(20-3)14-9-16(23-17(11)14)13-5-4-6-15(19)12(13)2/h4-6,9-10,22H,7-8H2,1-3H3/b20-18-. The highest BCUT2D eigenvalue weighted by molar-refractivity contribution is 9.10. The van der Waals surface area contributed by atoms with E-state index in [0.29, 0.717) is 6.54 Å². The largest absolute Gasteiger partial charge is 0.456 e. The molecule has 0 aliphatic heterocycles. The van der Waals surface area contributed by atoms with E-state index in [2.05, 4.69) is 33.9 Å². The topological polar surface area (TPSA) is 50.7 Å². The molecule has 4 nitrogen and oxygen atoms in total. The van der Waals surface area contributed by atoms with E-state index in [-0.39, 0.29) is 6.61 Å². The van der Waals surface area contributed by atoms with E-state index in [0.717, 1.165) is 43.4 Å². The van der Waals surface area contributed by atoms with E-state index in [4.69, 9.17) is 4.42 Å². The summed E-state index contributed by atoms with van der Waals surface area (Å²) in [5.41, 5.74) is 4.89. The average Bonchev–Trinajstić information content (AvgIpc) is 2.96. The van der Waals surface area contributed by atoms with Crippen LogP contribution in [0.15, 0.2) is 44.3 Å². The number of rotatable bonds is 3. The minimum absolute atomic E-state index is 0.0770. The third-order valence-electron chi connectivity index (χ3n) is 4.04. The summed E-state index contributed by atoms with van der Waals surface area (Å²) >= 11 is 3.57. The van der Waals surface area contributed by atoms with Gasteiger partial charge in [0.15, 0.2) is 0 Å². The molecule has 0 bridgehead atoms. The van der Waals surface area contributed by atoms with Crippen molar-refractivity contribution in [2.24, 2.45) is 4.99 Å². The molecule has 0 atom stereocenters. The average molecular weight is 375 g/mol. The number of benzene rings is 1. The molecule has 2 heterocycles. The maximum atomic E-state index is 9.26. The molecular weight excluding hydrogens is 356 g/mol. The molecule has 0 saturated heterocycles. The molecule has 3 rings (SSSR count). The Hall–Kier alpha value is -1.85. The van der Waals surface area contributed by atoms with Gasteiger partial charge >= 0.3 is 0 Å². The van der Waals surface area contributed by atoms with Gasteiger partial charge in [0, 0.05) is 35.4 Å². The Balaban J connectivity index is 2.31. The van der Waals surface area contributed by atoms with E-state index >= 15 is 0 Å². The van der Waals surface area contributed by atoms with Crippen LogP contribution in [0.3, 0.4) is 0 Å². The van der Waals surface area contributed by atoms with Gasteiger partial charge < -0.3 is 14.1 Å². The summed E-state index contributed by atoms with van der Waals surface area (Å²) in [6.45, 7) is 4.67. The minimum atomic E-state index is 0.0770. The summed E-state index contributed by atoms with van der Waals surface area (Å²) in [5.74, 6) is 0.827. The zero-order valence-corrected chi connectivity index (χ0v) is 15.0. The number of hydrogen-bond donors (Lipinski definition) is 1. The Bertz CT molecular complexity index is 938. The Morgan fingerprint density at radius 3 is 2.78 bits per heavy atom. The van der Waals surface area contributed by atoms with Crippen molar-refractivity contribution in [1.29, 1.82) is 0 Å². The number of pyridine rings is 1. The quantitative estimate of drug-likeness (QED) is 0.757. The molecule has 0 saturated carbocycles. The first kappa shape index (κ1) is 16.0. The van der Waals surface area contributed by atoms with Crippen LogP contribution >= 0.6 is 15.9 Å². The van der Waals surface area contributed by atoms with Crippen molar-refractivity contribution in [2.45, 2.75) is 20.4 Å². The predicted octanol–water partition coefficient (Wildman–Crippen LogP) is 3.80. The van der Waals surface area contributed by atoms with E-state index < -0.39 is 0 Å². The SMILES string of the molecule is C/N=c1/c2cc(-c3cccc(Br)c3C)oc2c(C)cn1CCO. The molecule has 120 valence electrons. The van der Waals surface area contributed by atoms with Crippen LogP contribution in [0.25, 0.3) is 22.3 Å². The summed E-state index contributed by atoms with van der Waals surface area (Å²) in [5, 5.41) is 10.2. The number of aromatic nitrogens is 1. The molecule has 0 unspecified atom stereocenters. The number of aliphatic hydroxyl groups excluding tert-OH is 1. The van der Waals surface area contributed by atoms with Gasteiger partial charge in [-0.05, 0) is 31.5 Å². The Morgan fingerprint density at radius 2 is 2.09 bits per heavy atom. The molecule has 0 radical (unpaired) electrons. The van der Waals surface area contributed by atoms with Gasteiger partial charge in [0.05, 0.1) is 12.0 Å². The lowest BCUT2D eigenvalue weighted by Gasteiger charge is -2.07. The lowest BCUT2D eigenvalue weighted by molar-refractivity contribution is 0.274. The molecule has 1 N–H and O–H groups in total. The van der Waals surface area contributed by atoms with Crippen molar-refractivity contribution < 1.29 is 9.52 Å². The van der Waals surface area contributed by atoms with Crippen LogP contribution in [0.2, 0.25) is 0 Å². The molecule has 0 aliphatic carbocycles. The second kappa shape index (κ2) is 6.34. The zero-order chi connectivity index (χ0) is 16.6. The van der Waals surface area contributed by atoms with Gasteiger partial charge in [-0.15, -0.1) is 0 Å². The Morgan fingerprint density at radius 1 is 1.30 bits per heavy atom. The number of aliphatic hydroxyl groups is 1. The van der Waals surface area contributed by atoms with E-state index in [1.807, 2.05) is 35.9 Å². The van der Waals surface area contributed by atoms with Crippen molar-refractivity contribution in [3.05, 3.63) is 51.5 Å². The number of nitrogens with zero attached hydrogens (tertiary/aromatic N) is 2. The molecule has 0 aliphatic rings. The molecule has 2 aromatic heterocycles. The van der Waals surface area contributed by atoms with Crippen LogP contribution < -0.4 is 5.49 Å². The fourth-order valence-corrected chi connectivity index (χ4v) is 3.26.